The molecule has 0 bridgehead atoms. The maximum atomic E-state index is 10.7. The van der Waals surface area contributed by atoms with Crippen LogP contribution in [-0.4, -0.2) is 11.1 Å². The predicted octanol–water partition coefficient (Wildman–Crippen LogP) is 1.85. The van der Waals surface area contributed by atoms with Crippen LogP contribution in [0.4, 0.5) is 0 Å². The first kappa shape index (κ1) is 9.62. The summed E-state index contributed by atoms with van der Waals surface area (Å²) in [6, 6.07) is 4.84. The topological polar surface area (TPSA) is 61.1 Å². The smallest absolute Gasteiger partial charge is 0.335 e. The summed E-state index contributed by atoms with van der Waals surface area (Å²) in [6.45, 7) is 1.65. The molecule has 3 nitrogen and oxygen atoms in total. The Hall–Kier alpha value is -1.47. The number of hydrogen-bond donors (Lipinski definition) is 2. The third-order valence-corrected chi connectivity index (χ3v) is 2.06. The van der Waals surface area contributed by atoms with E-state index in [9.17, 15) is 4.79 Å². The van der Waals surface area contributed by atoms with Crippen molar-refractivity contribution in [2.75, 3.05) is 0 Å². The molecule has 13 heavy (non-hydrogen) atoms. The second-order valence-electron chi connectivity index (χ2n) is 2.60. The van der Waals surface area contributed by atoms with E-state index < -0.39 is 5.97 Å². The lowest BCUT2D eigenvalue weighted by molar-refractivity contribution is 0.0696. The Balaban J connectivity index is 3.39. The zero-order valence-corrected chi connectivity index (χ0v) is 7.80. The fraction of sp³-hybridized carbons (Fsp3) is 0.111. The van der Waals surface area contributed by atoms with Crippen LogP contribution in [0.15, 0.2) is 17.0 Å². The normalized spacial score (nSPS) is 9.31. The third kappa shape index (κ3) is 1.82. The second-order valence-corrected chi connectivity index (χ2v) is 3.08. The molecule has 0 aliphatic heterocycles. The van der Waals surface area contributed by atoms with E-state index in [1.54, 1.807) is 6.92 Å². The molecule has 0 fully saturated rings. The van der Waals surface area contributed by atoms with Crippen LogP contribution in [0.25, 0.3) is 0 Å². The summed E-state index contributed by atoms with van der Waals surface area (Å²) in [5.74, 6) is -1.00. The number of carboxylic acid groups (broad SMARTS) is 1. The molecule has 1 aromatic carbocycles. The molecule has 0 unspecified atom stereocenters. The van der Waals surface area contributed by atoms with E-state index in [-0.39, 0.29) is 5.56 Å². The summed E-state index contributed by atoms with van der Waals surface area (Å²) < 4.78 is 0. The molecule has 0 amide bonds. The molecular formula is C9H7NO2S. The summed E-state index contributed by atoms with van der Waals surface area (Å²) in [6.07, 6.45) is 0. The van der Waals surface area contributed by atoms with Gasteiger partial charge in [-0.3, -0.25) is 0 Å². The van der Waals surface area contributed by atoms with Gasteiger partial charge in [0.05, 0.1) is 11.1 Å². The number of thiol groups is 1. The summed E-state index contributed by atoms with van der Waals surface area (Å²) >= 11 is 4.00. The lowest BCUT2D eigenvalue weighted by Crippen LogP contribution is -2.00. The fourth-order valence-corrected chi connectivity index (χ4v) is 1.26. The van der Waals surface area contributed by atoms with Gasteiger partial charge in [-0.05, 0) is 24.6 Å². The molecule has 66 valence electrons. The van der Waals surface area contributed by atoms with Crippen molar-refractivity contribution < 1.29 is 9.90 Å². The van der Waals surface area contributed by atoms with Gasteiger partial charge >= 0.3 is 5.97 Å². The van der Waals surface area contributed by atoms with Crippen molar-refractivity contribution in [3.8, 4) is 6.07 Å². The van der Waals surface area contributed by atoms with Gasteiger partial charge in [0.1, 0.15) is 6.07 Å². The molecule has 0 heterocycles. The molecule has 0 aromatic heterocycles. The highest BCUT2D eigenvalue weighted by molar-refractivity contribution is 7.80. The minimum absolute atomic E-state index is 0.184. The average molecular weight is 193 g/mol. The van der Waals surface area contributed by atoms with Crippen LogP contribution in [0.3, 0.4) is 0 Å². The summed E-state index contributed by atoms with van der Waals surface area (Å²) in [4.78, 5) is 11.1. The molecule has 0 spiro atoms. The van der Waals surface area contributed by atoms with Crippen LogP contribution >= 0.6 is 12.6 Å². The Morgan fingerprint density at radius 3 is 2.69 bits per heavy atom. The van der Waals surface area contributed by atoms with Crippen molar-refractivity contribution in [2.24, 2.45) is 0 Å². The minimum atomic E-state index is -1.00. The van der Waals surface area contributed by atoms with Gasteiger partial charge in [-0.15, -0.1) is 12.6 Å². The minimum Gasteiger partial charge on any atom is -0.478 e. The number of aryl methyl sites for hydroxylation is 1. The summed E-state index contributed by atoms with van der Waals surface area (Å²) in [5.41, 5.74) is 1.15. The number of benzene rings is 1. The molecule has 0 aliphatic carbocycles. The highest BCUT2D eigenvalue weighted by atomic mass is 32.1. The summed E-state index contributed by atoms with van der Waals surface area (Å²) in [5, 5.41) is 17.4. The Labute approximate surface area is 81.0 Å². The van der Waals surface area contributed by atoms with E-state index in [0.29, 0.717) is 16.0 Å². The molecule has 0 saturated carbocycles. The molecule has 1 aromatic rings. The molecule has 1 N–H and O–H groups in total. The van der Waals surface area contributed by atoms with Gasteiger partial charge in [0, 0.05) is 4.90 Å². The van der Waals surface area contributed by atoms with Crippen LogP contribution in [0.1, 0.15) is 21.5 Å². The number of nitrogens with zero attached hydrogens (tertiary/aromatic N) is 1. The number of aromatic carboxylic acids is 1. The summed E-state index contributed by atoms with van der Waals surface area (Å²) in [7, 11) is 0. The Bertz CT molecular complexity index is 407. The number of carboxylic acids is 1. The highest BCUT2D eigenvalue weighted by Crippen LogP contribution is 2.18. The maximum absolute atomic E-state index is 10.7. The average Bonchev–Trinajstić information content (AvgIpc) is 2.07. The maximum Gasteiger partial charge on any atom is 0.335 e. The SMILES string of the molecule is Cc1cc(C#N)c(S)cc1C(=O)O. The van der Waals surface area contributed by atoms with Crippen molar-refractivity contribution in [2.45, 2.75) is 11.8 Å². The van der Waals surface area contributed by atoms with Gasteiger partial charge in [-0.25, -0.2) is 4.79 Å². The van der Waals surface area contributed by atoms with Gasteiger partial charge in [0.2, 0.25) is 0 Å². The zero-order valence-electron chi connectivity index (χ0n) is 6.90. The molecule has 0 aliphatic rings. The lowest BCUT2D eigenvalue weighted by Gasteiger charge is -2.02. The highest BCUT2D eigenvalue weighted by Gasteiger charge is 2.09. The number of carbonyl (C=O) groups is 1. The third-order valence-electron chi connectivity index (χ3n) is 1.69. The number of nitriles is 1. The van der Waals surface area contributed by atoms with E-state index in [4.69, 9.17) is 10.4 Å². The van der Waals surface area contributed by atoms with Crippen LogP contribution in [0, 0.1) is 18.3 Å². The molecule has 4 heteroatoms. The lowest BCUT2D eigenvalue weighted by atomic mass is 10.1. The molecular weight excluding hydrogens is 186 g/mol. The number of rotatable bonds is 1. The van der Waals surface area contributed by atoms with E-state index in [1.165, 1.54) is 12.1 Å². The van der Waals surface area contributed by atoms with Gasteiger partial charge in [-0.2, -0.15) is 5.26 Å². The van der Waals surface area contributed by atoms with E-state index in [0.717, 1.165) is 0 Å². The van der Waals surface area contributed by atoms with Gasteiger partial charge < -0.3 is 5.11 Å². The van der Waals surface area contributed by atoms with Crippen molar-refractivity contribution in [3.63, 3.8) is 0 Å². The van der Waals surface area contributed by atoms with E-state index in [2.05, 4.69) is 12.6 Å². The first-order valence-electron chi connectivity index (χ1n) is 3.53. The van der Waals surface area contributed by atoms with Crippen molar-refractivity contribution in [1.29, 1.82) is 5.26 Å². The Kier molecular flexibility index (Phi) is 2.59. The first-order valence-corrected chi connectivity index (χ1v) is 3.98. The molecule has 0 radical (unpaired) electrons. The first-order chi connectivity index (χ1) is 6.06. The van der Waals surface area contributed by atoms with Crippen LogP contribution < -0.4 is 0 Å². The van der Waals surface area contributed by atoms with Crippen LogP contribution in [-0.2, 0) is 0 Å². The van der Waals surface area contributed by atoms with Gasteiger partial charge in [0.25, 0.3) is 0 Å². The largest absolute Gasteiger partial charge is 0.478 e. The quantitative estimate of drug-likeness (QED) is 0.669. The van der Waals surface area contributed by atoms with Crippen molar-refractivity contribution >= 4 is 18.6 Å². The van der Waals surface area contributed by atoms with Crippen molar-refractivity contribution in [1.82, 2.24) is 0 Å². The van der Waals surface area contributed by atoms with E-state index >= 15 is 0 Å². The Morgan fingerprint density at radius 2 is 2.23 bits per heavy atom. The molecule has 0 atom stereocenters. The van der Waals surface area contributed by atoms with Gasteiger partial charge in [-0.1, -0.05) is 0 Å². The second kappa shape index (κ2) is 3.50. The van der Waals surface area contributed by atoms with Gasteiger partial charge in [0.15, 0.2) is 0 Å². The monoisotopic (exact) mass is 193 g/mol. The number of hydrogen-bond acceptors (Lipinski definition) is 3. The standard InChI is InChI=1S/C9H7NO2S/c1-5-2-6(4-10)8(13)3-7(5)9(11)12/h2-3,13H,1H3,(H,11,12). The van der Waals surface area contributed by atoms with Crippen LogP contribution in [0.2, 0.25) is 0 Å². The molecule has 1 rings (SSSR count). The van der Waals surface area contributed by atoms with E-state index in [1.807, 2.05) is 6.07 Å². The fourth-order valence-electron chi connectivity index (χ4n) is 1.02. The predicted molar refractivity (Wildman–Crippen MR) is 50.1 cm³/mol. The van der Waals surface area contributed by atoms with Crippen LogP contribution in [0.5, 0.6) is 0 Å². The van der Waals surface area contributed by atoms with Crippen molar-refractivity contribution in [3.05, 3.63) is 28.8 Å². The molecule has 0 saturated heterocycles. The Morgan fingerprint density at radius 1 is 1.62 bits per heavy atom. The zero-order chi connectivity index (χ0) is 10.0.